The van der Waals surface area contributed by atoms with Gasteiger partial charge in [0.2, 0.25) is 0 Å². The molecule has 1 heterocycles. The van der Waals surface area contributed by atoms with E-state index in [0.29, 0.717) is 10.8 Å². The minimum Gasteiger partial charge on any atom is -0.480 e. The first-order chi connectivity index (χ1) is 9.54. The molecular weight excluding hydrogens is 262 g/mol. The van der Waals surface area contributed by atoms with Gasteiger partial charge in [0, 0.05) is 5.39 Å². The quantitative estimate of drug-likeness (QED) is 0.752. The number of nitrogens with one attached hydrogen (secondary N) is 2. The molecular formula is C13H13N3O4. The molecule has 1 aromatic heterocycles. The smallest absolute Gasteiger partial charge is 0.326 e. The number of carbonyl (C=O) groups excluding carboxylic acids is 1. The monoisotopic (exact) mass is 275 g/mol. The summed E-state index contributed by atoms with van der Waals surface area (Å²) >= 11 is 0. The highest BCUT2D eigenvalue weighted by Gasteiger charge is 2.21. The van der Waals surface area contributed by atoms with Crippen LogP contribution in [-0.2, 0) is 4.79 Å². The van der Waals surface area contributed by atoms with Crippen LogP contribution in [0.4, 0.5) is 0 Å². The van der Waals surface area contributed by atoms with Gasteiger partial charge in [0.05, 0.1) is 5.39 Å². The van der Waals surface area contributed by atoms with E-state index in [4.69, 9.17) is 5.11 Å². The Balaban J connectivity index is 2.43. The highest BCUT2D eigenvalue weighted by atomic mass is 16.4. The van der Waals surface area contributed by atoms with Crippen molar-refractivity contribution in [3.05, 3.63) is 40.3 Å². The molecule has 1 aromatic carbocycles. The van der Waals surface area contributed by atoms with E-state index in [1.807, 2.05) is 0 Å². The third kappa shape index (κ3) is 2.51. The Kier molecular flexibility index (Phi) is 3.79. The molecule has 3 N–H and O–H groups in total. The minimum absolute atomic E-state index is 0.0000926. The molecule has 7 heteroatoms. The molecule has 0 saturated heterocycles. The Labute approximate surface area is 113 Å². The van der Waals surface area contributed by atoms with Gasteiger partial charge in [-0.05, 0) is 12.5 Å². The number of amides is 1. The number of H-pyrrole nitrogens is 1. The van der Waals surface area contributed by atoms with Crippen molar-refractivity contribution < 1.29 is 14.7 Å². The molecule has 0 aliphatic rings. The van der Waals surface area contributed by atoms with Gasteiger partial charge in [-0.15, -0.1) is 0 Å². The van der Waals surface area contributed by atoms with Gasteiger partial charge in [-0.3, -0.25) is 9.59 Å². The van der Waals surface area contributed by atoms with Crippen molar-refractivity contribution in [3.8, 4) is 0 Å². The van der Waals surface area contributed by atoms with E-state index in [9.17, 15) is 14.4 Å². The van der Waals surface area contributed by atoms with Gasteiger partial charge >= 0.3 is 5.97 Å². The van der Waals surface area contributed by atoms with Crippen LogP contribution in [0.5, 0.6) is 0 Å². The first-order valence-electron chi connectivity index (χ1n) is 6.05. The van der Waals surface area contributed by atoms with Crippen molar-refractivity contribution >= 4 is 22.6 Å². The van der Waals surface area contributed by atoms with Crippen molar-refractivity contribution in [3.63, 3.8) is 0 Å². The van der Waals surface area contributed by atoms with Crippen LogP contribution in [0.2, 0.25) is 0 Å². The zero-order valence-electron chi connectivity index (χ0n) is 10.7. The Morgan fingerprint density at radius 2 is 2.00 bits per heavy atom. The molecule has 0 fully saturated rings. The van der Waals surface area contributed by atoms with Gasteiger partial charge in [-0.1, -0.05) is 25.1 Å². The molecule has 0 saturated carbocycles. The van der Waals surface area contributed by atoms with Gasteiger partial charge < -0.3 is 10.4 Å². The summed E-state index contributed by atoms with van der Waals surface area (Å²) in [5.41, 5.74) is -0.401. The first kappa shape index (κ1) is 13.7. The van der Waals surface area contributed by atoms with E-state index < -0.39 is 23.5 Å². The largest absolute Gasteiger partial charge is 0.480 e. The Morgan fingerprint density at radius 1 is 1.35 bits per heavy atom. The Hall–Kier alpha value is -2.70. The van der Waals surface area contributed by atoms with Gasteiger partial charge in [-0.2, -0.15) is 5.10 Å². The zero-order chi connectivity index (χ0) is 14.7. The van der Waals surface area contributed by atoms with Crippen LogP contribution in [-0.4, -0.2) is 33.2 Å². The Morgan fingerprint density at radius 3 is 2.60 bits per heavy atom. The first-order valence-corrected chi connectivity index (χ1v) is 6.05. The molecule has 104 valence electrons. The second-order valence-electron chi connectivity index (χ2n) is 4.22. The van der Waals surface area contributed by atoms with Crippen molar-refractivity contribution in [1.82, 2.24) is 15.5 Å². The van der Waals surface area contributed by atoms with Gasteiger partial charge in [0.15, 0.2) is 5.69 Å². The van der Waals surface area contributed by atoms with Crippen LogP contribution in [0.25, 0.3) is 10.8 Å². The number of carboxylic acids is 1. The molecule has 2 aromatic rings. The molecule has 0 bridgehead atoms. The lowest BCUT2D eigenvalue weighted by atomic mass is 10.1. The molecule has 1 unspecified atom stereocenters. The van der Waals surface area contributed by atoms with Crippen LogP contribution in [0.1, 0.15) is 23.8 Å². The highest BCUT2D eigenvalue weighted by molar-refractivity contribution is 6.05. The minimum atomic E-state index is -1.12. The zero-order valence-corrected chi connectivity index (χ0v) is 10.7. The number of fused-ring (bicyclic) bond motifs is 1. The fourth-order valence-corrected chi connectivity index (χ4v) is 1.85. The van der Waals surface area contributed by atoms with Crippen molar-refractivity contribution in [2.24, 2.45) is 0 Å². The predicted molar refractivity (Wildman–Crippen MR) is 71.5 cm³/mol. The summed E-state index contributed by atoms with van der Waals surface area (Å²) in [5, 5.41) is 18.0. The maximum atomic E-state index is 12.1. The normalized spacial score (nSPS) is 12.1. The van der Waals surface area contributed by atoms with E-state index in [1.54, 1.807) is 31.2 Å². The number of carbonyl (C=O) groups is 2. The second kappa shape index (κ2) is 5.52. The van der Waals surface area contributed by atoms with Gasteiger partial charge in [0.25, 0.3) is 11.5 Å². The summed E-state index contributed by atoms with van der Waals surface area (Å²) < 4.78 is 0. The molecule has 0 radical (unpaired) electrons. The lowest BCUT2D eigenvalue weighted by molar-refractivity contribution is -0.139. The highest BCUT2D eigenvalue weighted by Crippen LogP contribution is 2.12. The van der Waals surface area contributed by atoms with Crippen LogP contribution in [0.3, 0.4) is 0 Å². The van der Waals surface area contributed by atoms with Crippen LogP contribution in [0, 0.1) is 0 Å². The number of aromatic amines is 1. The number of hydrogen-bond acceptors (Lipinski definition) is 4. The summed E-state index contributed by atoms with van der Waals surface area (Å²) in [6.45, 7) is 1.65. The maximum Gasteiger partial charge on any atom is 0.326 e. The van der Waals surface area contributed by atoms with Crippen molar-refractivity contribution in [2.45, 2.75) is 19.4 Å². The number of aliphatic carboxylic acids is 1. The summed E-state index contributed by atoms with van der Waals surface area (Å²) in [7, 11) is 0. The molecule has 0 aliphatic heterocycles. The Bertz CT molecular complexity index is 723. The molecule has 0 spiro atoms. The third-order valence-electron chi connectivity index (χ3n) is 2.92. The van der Waals surface area contributed by atoms with E-state index >= 15 is 0 Å². The second-order valence-corrected chi connectivity index (χ2v) is 4.22. The molecule has 2 rings (SSSR count). The average Bonchev–Trinajstić information content (AvgIpc) is 2.45. The van der Waals surface area contributed by atoms with Crippen LogP contribution in [0.15, 0.2) is 29.1 Å². The van der Waals surface area contributed by atoms with Gasteiger partial charge in [-0.25, -0.2) is 9.89 Å². The van der Waals surface area contributed by atoms with Crippen molar-refractivity contribution in [1.29, 1.82) is 0 Å². The number of aromatic nitrogens is 2. The standard InChI is InChI=1S/C13H13N3O4/c1-2-9(13(19)20)14-12(18)10-7-5-3-4-6-8(7)11(17)16-15-10/h3-6,9H,2H2,1H3,(H,14,18)(H,16,17)(H,19,20). The molecule has 1 atom stereocenters. The van der Waals surface area contributed by atoms with Crippen LogP contribution < -0.4 is 10.9 Å². The van der Waals surface area contributed by atoms with E-state index in [2.05, 4.69) is 15.5 Å². The summed E-state index contributed by atoms with van der Waals surface area (Å²) in [6, 6.07) is 5.52. The number of benzene rings is 1. The topological polar surface area (TPSA) is 112 Å². The molecule has 7 nitrogen and oxygen atoms in total. The third-order valence-corrected chi connectivity index (χ3v) is 2.92. The number of rotatable bonds is 4. The van der Waals surface area contributed by atoms with E-state index in [0.717, 1.165) is 0 Å². The van der Waals surface area contributed by atoms with E-state index in [-0.39, 0.29) is 12.1 Å². The number of hydrogen-bond donors (Lipinski definition) is 3. The average molecular weight is 275 g/mol. The SMILES string of the molecule is CCC(NC(=O)c1n[nH]c(=O)c2ccccc12)C(=O)O. The summed E-state index contributed by atoms with van der Waals surface area (Å²) in [4.78, 5) is 34.6. The summed E-state index contributed by atoms with van der Waals surface area (Å²) in [5.74, 6) is -1.75. The lowest BCUT2D eigenvalue weighted by Gasteiger charge is -2.12. The van der Waals surface area contributed by atoms with Crippen molar-refractivity contribution in [2.75, 3.05) is 0 Å². The van der Waals surface area contributed by atoms with E-state index in [1.165, 1.54) is 0 Å². The van der Waals surface area contributed by atoms with Crippen LogP contribution >= 0.6 is 0 Å². The fraction of sp³-hybridized carbons (Fsp3) is 0.231. The molecule has 20 heavy (non-hydrogen) atoms. The molecule has 0 aliphatic carbocycles. The lowest BCUT2D eigenvalue weighted by Crippen LogP contribution is -2.41. The molecule has 1 amide bonds. The predicted octanol–water partition coefficient (Wildman–Crippen LogP) is 0.516. The number of nitrogens with zero attached hydrogens (tertiary/aromatic N) is 1. The maximum absolute atomic E-state index is 12.1. The fourth-order valence-electron chi connectivity index (χ4n) is 1.85. The number of carboxylic acid groups (broad SMARTS) is 1. The summed E-state index contributed by atoms with van der Waals surface area (Å²) in [6.07, 6.45) is 0.252. The van der Waals surface area contributed by atoms with Gasteiger partial charge in [0.1, 0.15) is 6.04 Å².